The molecule has 0 atom stereocenters. The molecule has 4 fully saturated rings. The Labute approximate surface area is 201 Å². The lowest BCUT2D eigenvalue weighted by Crippen LogP contribution is -2.49. The highest BCUT2D eigenvalue weighted by Crippen LogP contribution is 2.61. The maximum atomic E-state index is 13.5. The van der Waals surface area contributed by atoms with E-state index in [4.69, 9.17) is 5.10 Å². The molecule has 182 valence electrons. The van der Waals surface area contributed by atoms with Crippen molar-refractivity contribution in [3.8, 4) is 11.4 Å². The summed E-state index contributed by atoms with van der Waals surface area (Å²) in [6.07, 6.45) is 4.08. The largest absolute Gasteiger partial charge is 0.573 e. The number of hydrogen-bond donors (Lipinski definition) is 1. The van der Waals surface area contributed by atoms with E-state index in [1.165, 1.54) is 43.5 Å². The van der Waals surface area contributed by atoms with Crippen LogP contribution in [0.3, 0.4) is 0 Å². The van der Waals surface area contributed by atoms with Gasteiger partial charge < -0.3 is 10.1 Å². The Kier molecular flexibility index (Phi) is 5.16. The van der Waals surface area contributed by atoms with Crippen molar-refractivity contribution >= 4 is 11.6 Å². The number of ether oxygens (including phenoxy) is 1. The van der Waals surface area contributed by atoms with Crippen LogP contribution in [0.2, 0.25) is 0 Å². The molecule has 1 heterocycles. The second-order valence-electron chi connectivity index (χ2n) is 10.4. The molecule has 1 aromatic heterocycles. The van der Waals surface area contributed by atoms with Gasteiger partial charge in [-0.15, -0.1) is 13.2 Å². The molecule has 0 aliphatic heterocycles. The number of aromatic nitrogens is 2. The summed E-state index contributed by atoms with van der Waals surface area (Å²) < 4.78 is 43.1. The molecule has 8 heteroatoms. The van der Waals surface area contributed by atoms with Gasteiger partial charge in [0.2, 0.25) is 0 Å². The first-order valence-corrected chi connectivity index (χ1v) is 12.1. The summed E-state index contributed by atoms with van der Waals surface area (Å²) in [4.78, 5) is 13.5. The summed E-state index contributed by atoms with van der Waals surface area (Å²) in [6, 6.07) is 14.9. The van der Waals surface area contributed by atoms with Crippen molar-refractivity contribution in [2.24, 2.45) is 17.8 Å². The highest BCUT2D eigenvalue weighted by atomic mass is 19.4. The summed E-state index contributed by atoms with van der Waals surface area (Å²) in [7, 11) is 0. The minimum Gasteiger partial charge on any atom is -0.406 e. The number of nitrogens with one attached hydrogen (secondary N) is 1. The fraction of sp³-hybridized carbons (Fsp3) is 0.407. The number of benzene rings is 2. The lowest BCUT2D eigenvalue weighted by molar-refractivity contribution is -0.274. The van der Waals surface area contributed by atoms with Crippen LogP contribution < -0.4 is 10.1 Å². The first-order valence-electron chi connectivity index (χ1n) is 12.1. The van der Waals surface area contributed by atoms with Crippen molar-refractivity contribution in [3.63, 3.8) is 0 Å². The fourth-order valence-corrected chi connectivity index (χ4v) is 6.98. The van der Waals surface area contributed by atoms with Crippen molar-refractivity contribution in [1.29, 1.82) is 0 Å². The van der Waals surface area contributed by atoms with Gasteiger partial charge in [0.15, 0.2) is 0 Å². The van der Waals surface area contributed by atoms with Gasteiger partial charge in [-0.25, -0.2) is 4.68 Å². The Morgan fingerprint density at radius 1 is 0.943 bits per heavy atom. The molecule has 1 amide bonds. The fourth-order valence-electron chi connectivity index (χ4n) is 6.98. The number of para-hydroxylation sites is 1. The molecule has 4 aliphatic carbocycles. The summed E-state index contributed by atoms with van der Waals surface area (Å²) in [5.41, 5.74) is 2.58. The Balaban J connectivity index is 1.33. The molecule has 2 aromatic carbocycles. The zero-order valence-electron chi connectivity index (χ0n) is 19.1. The Hall–Kier alpha value is -3.29. The third-order valence-electron chi connectivity index (χ3n) is 7.87. The molecule has 5 nitrogen and oxygen atoms in total. The van der Waals surface area contributed by atoms with E-state index >= 15 is 0 Å². The van der Waals surface area contributed by atoms with Gasteiger partial charge in [0.1, 0.15) is 5.75 Å². The number of carbonyl (C=O) groups excluding carboxylic acids is 1. The van der Waals surface area contributed by atoms with Crippen molar-refractivity contribution in [3.05, 3.63) is 72.1 Å². The normalized spacial score (nSPS) is 27.1. The molecule has 1 N–H and O–H groups in total. The van der Waals surface area contributed by atoms with Crippen molar-refractivity contribution < 1.29 is 22.7 Å². The zero-order valence-corrected chi connectivity index (χ0v) is 19.1. The molecule has 0 radical (unpaired) electrons. The van der Waals surface area contributed by atoms with Gasteiger partial charge in [0, 0.05) is 17.3 Å². The highest BCUT2D eigenvalue weighted by molar-refractivity contribution is 6.05. The molecule has 7 rings (SSSR count). The Bertz CT molecular complexity index is 1200. The molecule has 0 unspecified atom stereocenters. The van der Waals surface area contributed by atoms with Crippen LogP contribution in [0.1, 0.15) is 54.6 Å². The number of halogens is 3. The standard InChI is InChI=1S/C27H26F3N3O2/c28-27(29,30)35-22-8-6-20(7-9-22)31-25(34)23-16-33(21-4-2-1-3-5-21)32-24(23)26-13-17-10-18(14-26)12-19(11-17)15-26/h1-9,16-19H,10-15H2,(H,31,34). The molecular formula is C27H26F3N3O2. The lowest BCUT2D eigenvalue weighted by atomic mass is 9.48. The monoisotopic (exact) mass is 481 g/mol. The topological polar surface area (TPSA) is 56.1 Å². The third-order valence-corrected chi connectivity index (χ3v) is 7.87. The minimum absolute atomic E-state index is 0.0914. The highest BCUT2D eigenvalue weighted by Gasteiger charge is 2.54. The number of rotatable bonds is 5. The maximum absolute atomic E-state index is 13.5. The number of amides is 1. The summed E-state index contributed by atoms with van der Waals surface area (Å²) >= 11 is 0. The third kappa shape index (κ3) is 4.30. The van der Waals surface area contributed by atoms with Gasteiger partial charge >= 0.3 is 6.36 Å². The summed E-state index contributed by atoms with van der Waals surface area (Å²) in [5, 5.41) is 7.85. The molecule has 0 saturated heterocycles. The predicted molar refractivity (Wildman–Crippen MR) is 124 cm³/mol. The van der Waals surface area contributed by atoms with E-state index in [2.05, 4.69) is 10.1 Å². The maximum Gasteiger partial charge on any atom is 0.573 e. The van der Waals surface area contributed by atoms with Crippen LogP contribution in [0, 0.1) is 17.8 Å². The van der Waals surface area contributed by atoms with Gasteiger partial charge in [0.05, 0.1) is 16.9 Å². The number of carbonyl (C=O) groups is 1. The van der Waals surface area contributed by atoms with E-state index in [0.29, 0.717) is 29.0 Å². The van der Waals surface area contributed by atoms with Crippen molar-refractivity contribution in [2.75, 3.05) is 5.32 Å². The number of anilines is 1. The van der Waals surface area contributed by atoms with Crippen molar-refractivity contribution in [2.45, 2.75) is 50.3 Å². The molecule has 0 spiro atoms. The Morgan fingerprint density at radius 2 is 1.54 bits per heavy atom. The number of hydrogen-bond acceptors (Lipinski definition) is 3. The van der Waals surface area contributed by atoms with E-state index in [-0.39, 0.29) is 17.1 Å². The Morgan fingerprint density at radius 3 is 2.11 bits per heavy atom. The van der Waals surface area contributed by atoms with E-state index in [1.54, 1.807) is 10.9 Å². The van der Waals surface area contributed by atoms with Crippen LogP contribution in [0.4, 0.5) is 18.9 Å². The average molecular weight is 482 g/mol. The van der Waals surface area contributed by atoms with E-state index in [9.17, 15) is 18.0 Å². The van der Waals surface area contributed by atoms with Gasteiger partial charge in [-0.2, -0.15) is 5.10 Å². The molecule has 4 saturated carbocycles. The van der Waals surface area contributed by atoms with Crippen LogP contribution in [0.15, 0.2) is 60.8 Å². The molecule has 35 heavy (non-hydrogen) atoms. The van der Waals surface area contributed by atoms with Gasteiger partial charge in [-0.05, 0) is 92.7 Å². The second kappa shape index (κ2) is 8.14. The quantitative estimate of drug-likeness (QED) is 0.453. The van der Waals surface area contributed by atoms with Crippen molar-refractivity contribution in [1.82, 2.24) is 9.78 Å². The van der Waals surface area contributed by atoms with Gasteiger partial charge in [0.25, 0.3) is 5.91 Å². The molecule has 3 aromatic rings. The molecule has 4 aliphatic rings. The van der Waals surface area contributed by atoms with Crippen LogP contribution >= 0.6 is 0 Å². The first-order chi connectivity index (χ1) is 16.8. The van der Waals surface area contributed by atoms with E-state index < -0.39 is 6.36 Å². The second-order valence-corrected chi connectivity index (χ2v) is 10.4. The SMILES string of the molecule is O=C(Nc1ccc(OC(F)(F)F)cc1)c1cn(-c2ccccc2)nc1C12CC3CC(CC(C3)C1)C2. The minimum atomic E-state index is -4.76. The number of nitrogens with zero attached hydrogens (tertiary/aromatic N) is 2. The van der Waals surface area contributed by atoms with E-state index in [0.717, 1.165) is 30.6 Å². The molecular weight excluding hydrogens is 455 g/mol. The average Bonchev–Trinajstić information content (AvgIpc) is 3.26. The summed E-state index contributed by atoms with van der Waals surface area (Å²) in [5.74, 6) is 1.45. The number of alkyl halides is 3. The van der Waals surface area contributed by atoms with Crippen LogP contribution in [-0.2, 0) is 5.41 Å². The van der Waals surface area contributed by atoms with Crippen LogP contribution in [-0.4, -0.2) is 22.1 Å². The van der Waals surface area contributed by atoms with Crippen LogP contribution in [0.25, 0.3) is 5.69 Å². The zero-order chi connectivity index (χ0) is 24.2. The predicted octanol–water partition coefficient (Wildman–Crippen LogP) is 6.49. The van der Waals surface area contributed by atoms with Crippen LogP contribution in [0.5, 0.6) is 5.75 Å². The van der Waals surface area contributed by atoms with Gasteiger partial charge in [-0.1, -0.05) is 18.2 Å². The lowest BCUT2D eigenvalue weighted by Gasteiger charge is -2.56. The smallest absolute Gasteiger partial charge is 0.406 e. The van der Waals surface area contributed by atoms with E-state index in [1.807, 2.05) is 30.3 Å². The summed E-state index contributed by atoms with van der Waals surface area (Å²) in [6.45, 7) is 0. The molecule has 4 bridgehead atoms. The first kappa shape index (κ1) is 22.2. The van der Waals surface area contributed by atoms with Gasteiger partial charge in [-0.3, -0.25) is 4.79 Å².